The van der Waals surface area contributed by atoms with E-state index in [2.05, 4.69) is 81.4 Å². The lowest BCUT2D eigenvalue weighted by Gasteiger charge is -2.44. The molecule has 0 aromatic heterocycles. The summed E-state index contributed by atoms with van der Waals surface area (Å²) in [5.74, 6) is 0. The van der Waals surface area contributed by atoms with Gasteiger partial charge in [-0.2, -0.15) is 0 Å². The van der Waals surface area contributed by atoms with E-state index in [1.165, 1.54) is 10.4 Å². The lowest BCUT2D eigenvalue weighted by Crippen LogP contribution is -2.67. The smallest absolute Gasteiger partial charge is 0.410 e. The van der Waals surface area contributed by atoms with Gasteiger partial charge in [-0.15, -0.1) is 0 Å². The molecule has 0 saturated carbocycles. The number of amides is 3. The highest BCUT2D eigenvalue weighted by atomic mass is 35.5. The molecule has 3 aromatic rings. The Morgan fingerprint density at radius 3 is 2.14 bits per heavy atom. The molecule has 2 fully saturated rings. The predicted octanol–water partition coefficient (Wildman–Crippen LogP) is 6.78. The fourth-order valence-electron chi connectivity index (χ4n) is 7.66. The molecule has 3 amide bonds. The van der Waals surface area contributed by atoms with E-state index in [1.807, 2.05) is 42.7 Å². The molecule has 0 N–H and O–H groups in total. The van der Waals surface area contributed by atoms with Gasteiger partial charge in [0.2, 0.25) is 0 Å². The highest BCUT2D eigenvalue weighted by Crippen LogP contribution is 2.39. The number of rotatable bonds is 5. The number of ether oxygens (including phenoxy) is 2. The van der Waals surface area contributed by atoms with Crippen LogP contribution in [0.25, 0.3) is 0 Å². The number of carbonyl (C=O) groups is 2. The lowest BCUT2D eigenvalue weighted by atomic mass is 9.90. The van der Waals surface area contributed by atoms with Crippen molar-refractivity contribution in [3.8, 4) is 0 Å². The summed E-state index contributed by atoms with van der Waals surface area (Å²) < 4.78 is 19.0. The quantitative estimate of drug-likeness (QED) is 0.274. The Morgan fingerprint density at radius 2 is 1.53 bits per heavy atom. The molecule has 2 saturated heterocycles. The second kappa shape index (κ2) is 14.1. The first kappa shape index (κ1) is 35.5. The third kappa shape index (κ3) is 7.41. The van der Waals surface area contributed by atoms with Crippen molar-refractivity contribution in [3.63, 3.8) is 0 Å². The van der Waals surface area contributed by atoms with Gasteiger partial charge in [-0.1, -0.05) is 93.0 Å². The molecule has 3 aliphatic heterocycles. The highest BCUT2D eigenvalue weighted by molar-refractivity contribution is 6.99. The Morgan fingerprint density at radius 1 is 0.878 bits per heavy atom. The summed E-state index contributed by atoms with van der Waals surface area (Å²) >= 11 is 6.65. The zero-order chi connectivity index (χ0) is 35.0. The van der Waals surface area contributed by atoms with Crippen molar-refractivity contribution in [1.29, 1.82) is 0 Å². The number of urea groups is 1. The van der Waals surface area contributed by atoms with E-state index in [1.54, 1.807) is 4.90 Å². The van der Waals surface area contributed by atoms with Crippen LogP contribution in [0.1, 0.15) is 70.7 Å². The molecule has 6 rings (SSSR count). The zero-order valence-corrected chi connectivity index (χ0v) is 31.5. The van der Waals surface area contributed by atoms with Gasteiger partial charge in [-0.25, -0.2) is 9.59 Å². The van der Waals surface area contributed by atoms with Crippen LogP contribution in [-0.4, -0.2) is 86.2 Å². The number of fused-ring (bicyclic) bond motifs is 1. The number of hydrogen-bond donors (Lipinski definition) is 0. The first-order valence-electron chi connectivity index (χ1n) is 17.5. The summed E-state index contributed by atoms with van der Waals surface area (Å²) in [5, 5.41) is 2.96. The summed E-state index contributed by atoms with van der Waals surface area (Å²) in [4.78, 5) is 33.2. The van der Waals surface area contributed by atoms with Gasteiger partial charge in [-0.05, 0) is 77.8 Å². The van der Waals surface area contributed by atoms with Crippen LogP contribution in [-0.2, 0) is 26.9 Å². The number of likely N-dealkylation sites (tertiary alicyclic amines) is 1. The van der Waals surface area contributed by atoms with E-state index in [-0.39, 0.29) is 29.3 Å². The number of hydrogen-bond acceptors (Lipinski definition) is 5. The fourth-order valence-corrected chi connectivity index (χ4v) is 12.6. The first-order valence-corrected chi connectivity index (χ1v) is 19.8. The molecule has 0 radical (unpaired) electrons. The van der Waals surface area contributed by atoms with Crippen molar-refractivity contribution in [1.82, 2.24) is 14.7 Å². The van der Waals surface area contributed by atoms with Gasteiger partial charge in [0.15, 0.2) is 0 Å². The molecule has 10 heteroatoms. The summed E-state index contributed by atoms with van der Waals surface area (Å²) in [6.07, 6.45) is 1.02. The van der Waals surface area contributed by atoms with E-state index in [0.717, 1.165) is 23.1 Å². The number of morpholine rings is 1. The zero-order valence-electron chi connectivity index (χ0n) is 29.7. The average molecular weight is 704 g/mol. The normalized spacial score (nSPS) is 20.3. The lowest BCUT2D eigenvalue weighted by molar-refractivity contribution is -0.0334. The van der Waals surface area contributed by atoms with Crippen molar-refractivity contribution in [2.75, 3.05) is 39.4 Å². The Hall–Kier alpha value is -3.37. The van der Waals surface area contributed by atoms with Gasteiger partial charge in [0.1, 0.15) is 5.60 Å². The maximum atomic E-state index is 14.2. The van der Waals surface area contributed by atoms with E-state index >= 15 is 0 Å². The third-order valence-corrected chi connectivity index (χ3v) is 15.2. The molecule has 0 bridgehead atoms. The molecular formula is C39H50ClN3O5Si. The third-order valence-electron chi connectivity index (χ3n) is 9.90. The second-order valence-electron chi connectivity index (χ2n) is 15.5. The monoisotopic (exact) mass is 703 g/mol. The van der Waals surface area contributed by atoms with Gasteiger partial charge >= 0.3 is 12.1 Å². The molecule has 0 spiro atoms. The molecular weight excluding hydrogens is 654 g/mol. The van der Waals surface area contributed by atoms with Gasteiger partial charge in [0.05, 0.1) is 25.4 Å². The summed E-state index contributed by atoms with van der Waals surface area (Å²) in [6.45, 7) is 15.9. The number of nitrogens with zero attached hydrogens (tertiary/aromatic N) is 3. The minimum absolute atomic E-state index is 0.0176. The van der Waals surface area contributed by atoms with Crippen molar-refractivity contribution in [2.45, 2.75) is 83.7 Å². The van der Waals surface area contributed by atoms with Crippen LogP contribution in [0.3, 0.4) is 0 Å². The summed E-state index contributed by atoms with van der Waals surface area (Å²) in [7, 11) is -2.75. The van der Waals surface area contributed by atoms with Crippen molar-refractivity contribution in [2.24, 2.45) is 0 Å². The van der Waals surface area contributed by atoms with Gasteiger partial charge in [0, 0.05) is 37.7 Å². The molecule has 3 aromatic carbocycles. The molecule has 1 unspecified atom stereocenters. The average Bonchev–Trinajstić information content (AvgIpc) is 3.54. The Labute approximate surface area is 297 Å². The molecule has 8 nitrogen and oxygen atoms in total. The topological polar surface area (TPSA) is 71.5 Å². The molecule has 3 aliphatic rings. The number of carbonyl (C=O) groups excluding carboxylic acids is 2. The van der Waals surface area contributed by atoms with Crippen LogP contribution in [0, 0.1) is 0 Å². The Balaban J connectivity index is 1.22. The molecule has 3 heterocycles. The van der Waals surface area contributed by atoms with Crippen LogP contribution in [0.2, 0.25) is 10.1 Å². The van der Waals surface area contributed by atoms with Crippen LogP contribution < -0.4 is 10.4 Å². The predicted molar refractivity (Wildman–Crippen MR) is 196 cm³/mol. The van der Waals surface area contributed by atoms with Gasteiger partial charge < -0.3 is 23.7 Å². The fraction of sp³-hybridized carbons (Fsp3) is 0.487. The SMILES string of the molecule is CC(C)(C)OC(=O)N1CCOC[C@H]1c1cc(Cl)cc2c1CN(C(=O)N1CCC(O[Si](c3ccccc3)(c3ccccc3)C(C)(C)C)C1)CC2. The van der Waals surface area contributed by atoms with Gasteiger partial charge in [-0.3, -0.25) is 4.90 Å². The van der Waals surface area contributed by atoms with Gasteiger partial charge in [0.25, 0.3) is 8.32 Å². The minimum Gasteiger partial charge on any atom is -0.444 e. The van der Waals surface area contributed by atoms with Crippen LogP contribution in [0.15, 0.2) is 72.8 Å². The van der Waals surface area contributed by atoms with E-state index in [4.69, 9.17) is 25.5 Å². The largest absolute Gasteiger partial charge is 0.444 e. The van der Waals surface area contributed by atoms with E-state index < -0.39 is 13.9 Å². The summed E-state index contributed by atoms with van der Waals surface area (Å²) in [5.41, 5.74) is 2.44. The second-order valence-corrected chi connectivity index (χ2v) is 20.2. The van der Waals surface area contributed by atoms with Crippen molar-refractivity contribution >= 4 is 42.4 Å². The molecule has 2 atom stereocenters. The first-order chi connectivity index (χ1) is 23.3. The Kier molecular flexibility index (Phi) is 10.2. The maximum absolute atomic E-state index is 14.2. The number of benzene rings is 3. The van der Waals surface area contributed by atoms with Crippen LogP contribution in [0.4, 0.5) is 9.59 Å². The van der Waals surface area contributed by atoms with Crippen LogP contribution >= 0.6 is 11.6 Å². The maximum Gasteiger partial charge on any atom is 0.410 e. The highest BCUT2D eigenvalue weighted by Gasteiger charge is 2.52. The summed E-state index contributed by atoms with van der Waals surface area (Å²) in [6, 6.07) is 24.9. The van der Waals surface area contributed by atoms with Crippen LogP contribution in [0.5, 0.6) is 0 Å². The number of halogens is 1. The van der Waals surface area contributed by atoms with E-state index in [0.29, 0.717) is 57.4 Å². The Bertz CT molecular complexity index is 1600. The van der Waals surface area contributed by atoms with Crippen molar-refractivity contribution in [3.05, 3.63) is 94.5 Å². The standard InChI is InChI=1S/C39H50ClN3O5Si/c1-38(2,3)47-37(45)43-21-22-46-27-35(43)33-24-29(40)23-28-17-19-42(26-34(28)33)36(44)41-20-18-30(25-41)48-49(39(4,5)6,31-13-9-7-10-14-31)32-15-11-8-12-16-32/h7-16,23-24,30,35H,17-22,25-27H2,1-6H3/t30?,35-/m0/s1. The van der Waals surface area contributed by atoms with E-state index in [9.17, 15) is 9.59 Å². The molecule has 49 heavy (non-hydrogen) atoms. The van der Waals surface area contributed by atoms with Crippen molar-refractivity contribution < 1.29 is 23.5 Å². The molecule has 262 valence electrons. The molecule has 0 aliphatic carbocycles. The minimum atomic E-state index is -2.75.